The monoisotopic (exact) mass is 239 g/mol. The zero-order chi connectivity index (χ0) is 13.4. The van der Waals surface area contributed by atoms with Gasteiger partial charge in [-0.3, -0.25) is 0 Å². The van der Waals surface area contributed by atoms with Gasteiger partial charge in [-0.05, 0) is 61.0 Å². The van der Waals surface area contributed by atoms with Gasteiger partial charge < -0.3 is 0 Å². The van der Waals surface area contributed by atoms with E-state index in [0.717, 1.165) is 6.42 Å². The molecule has 1 aliphatic rings. The van der Waals surface area contributed by atoms with Crippen LogP contribution in [0.25, 0.3) is 0 Å². The second-order valence-corrected chi connectivity index (χ2v) is 5.59. The van der Waals surface area contributed by atoms with Gasteiger partial charge in [-0.15, -0.1) is 0 Å². The number of hydrogen-bond donors (Lipinski definition) is 0. The largest absolute Gasteiger partial charge is 0.0590 e. The van der Waals surface area contributed by atoms with E-state index in [4.69, 9.17) is 0 Å². The zero-order valence-corrected chi connectivity index (χ0v) is 12.4. The van der Waals surface area contributed by atoms with Crippen LogP contribution in [0.1, 0.15) is 44.4 Å². The second kappa shape index (κ2) is 5.07. The van der Waals surface area contributed by atoms with Crippen molar-refractivity contribution in [3.05, 3.63) is 64.5 Å². The SMILES string of the molecule is C[C]1[C](C)[C](C)[C](Cc2ccc(C)cc2C)[C]1C. The lowest BCUT2D eigenvalue weighted by atomic mass is 9.83. The van der Waals surface area contributed by atoms with E-state index >= 15 is 0 Å². The molecule has 0 aromatic heterocycles. The van der Waals surface area contributed by atoms with Gasteiger partial charge in [0, 0.05) is 0 Å². The number of rotatable bonds is 2. The molecule has 1 aromatic rings. The number of benzene rings is 1. The van der Waals surface area contributed by atoms with E-state index in [2.05, 4.69) is 59.7 Å². The highest BCUT2D eigenvalue weighted by molar-refractivity contribution is 5.60. The molecule has 5 radical (unpaired) electrons. The Morgan fingerprint density at radius 2 is 1.28 bits per heavy atom. The van der Waals surface area contributed by atoms with Gasteiger partial charge in [0.25, 0.3) is 0 Å². The molecule has 0 unspecified atom stereocenters. The summed E-state index contributed by atoms with van der Waals surface area (Å²) < 4.78 is 0. The highest BCUT2D eigenvalue weighted by Crippen LogP contribution is 2.53. The predicted molar refractivity (Wildman–Crippen MR) is 78.5 cm³/mol. The zero-order valence-electron chi connectivity index (χ0n) is 12.4. The third-order valence-corrected chi connectivity index (χ3v) is 4.46. The van der Waals surface area contributed by atoms with Crippen molar-refractivity contribution in [1.82, 2.24) is 0 Å². The smallest absolute Gasteiger partial charge is 0.00559 e. The Kier molecular flexibility index (Phi) is 3.84. The molecule has 95 valence electrons. The lowest BCUT2D eigenvalue weighted by molar-refractivity contribution is 0.879. The van der Waals surface area contributed by atoms with Gasteiger partial charge in [0.15, 0.2) is 0 Å². The predicted octanol–water partition coefficient (Wildman–Crippen LogP) is 4.81. The first kappa shape index (κ1) is 13.6. The molecule has 1 saturated carbocycles. The molecule has 18 heavy (non-hydrogen) atoms. The van der Waals surface area contributed by atoms with E-state index in [-0.39, 0.29) is 0 Å². The Balaban J connectivity index is 2.19. The Morgan fingerprint density at radius 1 is 0.722 bits per heavy atom. The highest BCUT2D eigenvalue weighted by Gasteiger charge is 2.43. The van der Waals surface area contributed by atoms with E-state index in [9.17, 15) is 0 Å². The quantitative estimate of drug-likeness (QED) is 0.694. The van der Waals surface area contributed by atoms with Crippen LogP contribution in [0.5, 0.6) is 0 Å². The van der Waals surface area contributed by atoms with Crippen molar-refractivity contribution in [2.45, 2.75) is 48.0 Å². The van der Waals surface area contributed by atoms with Gasteiger partial charge in [0.05, 0.1) is 0 Å². The molecule has 0 atom stereocenters. The van der Waals surface area contributed by atoms with E-state index in [1.54, 1.807) is 0 Å². The van der Waals surface area contributed by atoms with E-state index in [0.29, 0.717) is 0 Å². The average molecular weight is 239 g/mol. The molecule has 1 aromatic carbocycles. The highest BCUT2D eigenvalue weighted by atomic mass is 14.5. The van der Waals surface area contributed by atoms with Crippen molar-refractivity contribution in [1.29, 1.82) is 0 Å². The Hall–Kier alpha value is -0.780. The topological polar surface area (TPSA) is 0 Å². The van der Waals surface area contributed by atoms with Crippen LogP contribution in [-0.2, 0) is 6.42 Å². The Morgan fingerprint density at radius 3 is 1.78 bits per heavy atom. The summed E-state index contributed by atoms with van der Waals surface area (Å²) in [5, 5.41) is 0. The van der Waals surface area contributed by atoms with Crippen LogP contribution < -0.4 is 0 Å². The summed E-state index contributed by atoms with van der Waals surface area (Å²) in [6, 6.07) is 6.78. The first-order valence-electron chi connectivity index (χ1n) is 6.70. The van der Waals surface area contributed by atoms with Crippen LogP contribution in [-0.4, -0.2) is 0 Å². The van der Waals surface area contributed by atoms with Crippen LogP contribution in [0.3, 0.4) is 0 Å². The molecule has 1 aliphatic carbocycles. The van der Waals surface area contributed by atoms with Gasteiger partial charge in [-0.2, -0.15) is 0 Å². The summed E-state index contributed by atoms with van der Waals surface area (Å²) in [6.07, 6.45) is 1.07. The number of hydrogen-bond acceptors (Lipinski definition) is 0. The summed E-state index contributed by atoms with van der Waals surface area (Å²) in [7, 11) is 0. The summed E-state index contributed by atoms with van der Waals surface area (Å²) in [4.78, 5) is 0. The fraction of sp³-hybridized carbons (Fsp3) is 0.389. The first-order chi connectivity index (χ1) is 8.41. The molecule has 2 rings (SSSR count). The summed E-state index contributed by atoms with van der Waals surface area (Å²) in [5.74, 6) is 7.41. The molecular weight excluding hydrogens is 216 g/mol. The molecule has 0 nitrogen and oxygen atoms in total. The van der Waals surface area contributed by atoms with Crippen molar-refractivity contribution < 1.29 is 0 Å². The summed E-state index contributed by atoms with van der Waals surface area (Å²) in [6.45, 7) is 13.4. The van der Waals surface area contributed by atoms with Crippen LogP contribution in [0.2, 0.25) is 0 Å². The Labute approximate surface area is 113 Å². The maximum atomic E-state index is 2.28. The molecule has 0 heteroatoms. The maximum Gasteiger partial charge on any atom is -0.00559 e. The van der Waals surface area contributed by atoms with Gasteiger partial charge in [-0.25, -0.2) is 0 Å². The van der Waals surface area contributed by atoms with Crippen LogP contribution in [0, 0.1) is 43.4 Å². The van der Waals surface area contributed by atoms with Crippen molar-refractivity contribution in [2.75, 3.05) is 0 Å². The van der Waals surface area contributed by atoms with Gasteiger partial charge in [0.1, 0.15) is 0 Å². The molecule has 0 spiro atoms. The van der Waals surface area contributed by atoms with Crippen molar-refractivity contribution in [3.63, 3.8) is 0 Å². The van der Waals surface area contributed by atoms with Crippen LogP contribution >= 0.6 is 0 Å². The summed E-state index contributed by atoms with van der Waals surface area (Å²) >= 11 is 0. The van der Waals surface area contributed by atoms with Crippen LogP contribution in [0.15, 0.2) is 18.2 Å². The second-order valence-electron chi connectivity index (χ2n) is 5.59. The molecule has 1 fully saturated rings. The minimum Gasteiger partial charge on any atom is -0.0590 e. The van der Waals surface area contributed by atoms with Crippen molar-refractivity contribution in [2.24, 2.45) is 0 Å². The average Bonchev–Trinajstić information content (AvgIpc) is 2.50. The molecule has 0 saturated heterocycles. The van der Waals surface area contributed by atoms with E-state index in [1.807, 2.05) is 0 Å². The van der Waals surface area contributed by atoms with E-state index in [1.165, 1.54) is 46.3 Å². The Bertz CT molecular complexity index is 404. The lowest BCUT2D eigenvalue weighted by Crippen LogP contribution is -2.11. The normalized spacial score (nSPS) is 21.0. The molecule has 0 bridgehead atoms. The van der Waals surface area contributed by atoms with Gasteiger partial charge in [-0.1, -0.05) is 51.5 Å². The minimum absolute atomic E-state index is 1.07. The third kappa shape index (κ3) is 2.35. The van der Waals surface area contributed by atoms with E-state index < -0.39 is 0 Å². The lowest BCUT2D eigenvalue weighted by Gasteiger charge is -2.21. The molecule has 0 heterocycles. The molecule has 0 amide bonds. The van der Waals surface area contributed by atoms with Crippen molar-refractivity contribution >= 4 is 0 Å². The van der Waals surface area contributed by atoms with Gasteiger partial charge in [0.2, 0.25) is 0 Å². The fourth-order valence-corrected chi connectivity index (χ4v) is 2.80. The fourth-order valence-electron chi connectivity index (χ4n) is 2.80. The number of aryl methyl sites for hydroxylation is 2. The minimum atomic E-state index is 1.07. The maximum absolute atomic E-state index is 2.28. The molecule has 0 aliphatic heterocycles. The van der Waals surface area contributed by atoms with Crippen molar-refractivity contribution in [3.8, 4) is 0 Å². The van der Waals surface area contributed by atoms with Gasteiger partial charge >= 0.3 is 0 Å². The molecule has 0 N–H and O–H groups in total. The standard InChI is InChI=1S/C18H23/c1-11-7-8-17(12(2)9-11)10-18-15(5)13(3)14(4)16(18)6/h7-9H,10H2,1-6H3. The third-order valence-electron chi connectivity index (χ3n) is 4.46. The first-order valence-corrected chi connectivity index (χ1v) is 6.70. The van der Waals surface area contributed by atoms with Crippen LogP contribution in [0.4, 0.5) is 0 Å². The summed E-state index contributed by atoms with van der Waals surface area (Å²) in [5.41, 5.74) is 4.21. The molecular formula is C18H23.